The van der Waals surface area contributed by atoms with Crippen molar-refractivity contribution in [3.05, 3.63) is 65.7 Å². The summed E-state index contributed by atoms with van der Waals surface area (Å²) in [5.74, 6) is -2.82. The first-order chi connectivity index (χ1) is 20.6. The number of hydrogen-bond acceptors (Lipinski definition) is 10. The number of aromatic hydroxyl groups is 1. The molecule has 0 heterocycles. The predicted octanol–water partition coefficient (Wildman–Crippen LogP) is -1.01. The van der Waals surface area contributed by atoms with Crippen LogP contribution in [-0.4, -0.2) is 96.2 Å². The third-order valence-corrected chi connectivity index (χ3v) is 6.96. The van der Waals surface area contributed by atoms with E-state index < -0.39 is 66.9 Å². The Morgan fingerprint density at radius 1 is 0.837 bits per heavy atom. The van der Waals surface area contributed by atoms with Crippen LogP contribution >= 0.6 is 11.8 Å². The molecule has 4 atom stereocenters. The number of methoxy groups -OCH3 is 1. The number of amides is 4. The lowest BCUT2D eigenvalue weighted by Crippen LogP contribution is -2.56. The number of hydrogen-bond donors (Lipinski definition) is 7. The number of carbonyl (C=O) groups excluding carboxylic acids is 5. The molecule has 0 radical (unpaired) electrons. The van der Waals surface area contributed by atoms with Crippen molar-refractivity contribution in [2.24, 2.45) is 5.73 Å². The van der Waals surface area contributed by atoms with E-state index in [1.807, 2.05) is 6.26 Å². The first-order valence-electron chi connectivity index (χ1n) is 13.5. The molecule has 0 fully saturated rings. The fourth-order valence-corrected chi connectivity index (χ4v) is 4.42. The molecular formula is C29H39N5O8S. The van der Waals surface area contributed by atoms with Gasteiger partial charge in [-0.05, 0) is 48.1 Å². The van der Waals surface area contributed by atoms with Crippen LogP contribution < -0.4 is 27.0 Å². The van der Waals surface area contributed by atoms with Crippen LogP contribution in [-0.2, 0) is 41.6 Å². The third-order valence-electron chi connectivity index (χ3n) is 6.31. The van der Waals surface area contributed by atoms with E-state index in [-0.39, 0.29) is 18.6 Å². The van der Waals surface area contributed by atoms with Gasteiger partial charge in [-0.2, -0.15) is 11.8 Å². The molecule has 8 N–H and O–H groups in total. The number of phenols is 1. The number of phenolic OH excluding ortho intramolecular Hbond substituents is 1. The molecule has 0 aliphatic rings. The van der Waals surface area contributed by atoms with Crippen LogP contribution in [0.25, 0.3) is 0 Å². The molecule has 0 aliphatic heterocycles. The third kappa shape index (κ3) is 12.3. The molecule has 2 aromatic rings. The highest BCUT2D eigenvalue weighted by Gasteiger charge is 2.28. The smallest absolute Gasteiger partial charge is 0.328 e. The van der Waals surface area contributed by atoms with Crippen LogP contribution in [0.15, 0.2) is 54.6 Å². The van der Waals surface area contributed by atoms with Gasteiger partial charge in [-0.3, -0.25) is 19.2 Å². The summed E-state index contributed by atoms with van der Waals surface area (Å²) in [5.41, 5.74) is 7.35. The number of aliphatic hydroxyl groups excluding tert-OH is 1. The van der Waals surface area contributed by atoms with Gasteiger partial charge in [-0.15, -0.1) is 0 Å². The fraction of sp³-hybridized carbons (Fsp3) is 0.414. The maximum atomic E-state index is 13.2. The standard InChI is InChI=1S/C29H39N5O8S/c1-42-29(41)22(12-13-43-2)33-28(40)23(15-18-6-4-3-5-7-18)32-25(37)16-31-27(39)24(17-35)34-26(38)21(30)14-19-8-10-20(36)11-9-19/h3-11,21-24,35-36H,12-17,30H2,1-2H3,(H,31,39)(H,32,37)(H,33,40)(H,34,38)/t21-,22-,23-,24+/m0/s1. The minimum Gasteiger partial charge on any atom is -0.508 e. The lowest BCUT2D eigenvalue weighted by molar-refractivity contribution is -0.145. The first kappa shape index (κ1) is 35.1. The van der Waals surface area contributed by atoms with Crippen molar-refractivity contribution in [2.75, 3.05) is 32.3 Å². The lowest BCUT2D eigenvalue weighted by atomic mass is 10.0. The molecular weight excluding hydrogens is 578 g/mol. The maximum absolute atomic E-state index is 13.2. The highest BCUT2D eigenvalue weighted by atomic mass is 32.2. The molecule has 2 aromatic carbocycles. The molecule has 0 unspecified atom stereocenters. The van der Waals surface area contributed by atoms with E-state index >= 15 is 0 Å². The van der Waals surface area contributed by atoms with Gasteiger partial charge in [0, 0.05) is 6.42 Å². The van der Waals surface area contributed by atoms with E-state index in [9.17, 15) is 34.2 Å². The molecule has 43 heavy (non-hydrogen) atoms. The van der Waals surface area contributed by atoms with Crippen LogP contribution in [0.5, 0.6) is 5.75 Å². The summed E-state index contributed by atoms with van der Waals surface area (Å²) in [6.45, 7) is -1.31. The molecule has 0 saturated carbocycles. The molecule has 0 spiro atoms. The Morgan fingerprint density at radius 3 is 2.07 bits per heavy atom. The van der Waals surface area contributed by atoms with Gasteiger partial charge in [-0.1, -0.05) is 42.5 Å². The minimum atomic E-state index is -1.38. The number of thioether (sulfide) groups is 1. The molecule has 0 saturated heterocycles. The average Bonchev–Trinajstić information content (AvgIpc) is 3.01. The van der Waals surface area contributed by atoms with E-state index in [0.717, 1.165) is 5.56 Å². The number of aliphatic hydroxyl groups is 1. The number of rotatable bonds is 17. The monoisotopic (exact) mass is 617 g/mol. The number of nitrogens with two attached hydrogens (primary N) is 1. The van der Waals surface area contributed by atoms with Crippen molar-refractivity contribution in [3.63, 3.8) is 0 Å². The second-order valence-electron chi connectivity index (χ2n) is 9.61. The van der Waals surface area contributed by atoms with Gasteiger partial charge < -0.3 is 42.0 Å². The van der Waals surface area contributed by atoms with E-state index in [2.05, 4.69) is 21.3 Å². The van der Waals surface area contributed by atoms with Gasteiger partial charge >= 0.3 is 5.97 Å². The largest absolute Gasteiger partial charge is 0.508 e. The first-order valence-corrected chi connectivity index (χ1v) is 14.9. The molecule has 0 aliphatic carbocycles. The van der Waals surface area contributed by atoms with Crippen LogP contribution in [0.4, 0.5) is 0 Å². The van der Waals surface area contributed by atoms with Crippen molar-refractivity contribution in [1.29, 1.82) is 0 Å². The average molecular weight is 618 g/mol. The second kappa shape index (κ2) is 18.4. The summed E-state index contributed by atoms with van der Waals surface area (Å²) in [4.78, 5) is 63.3. The van der Waals surface area contributed by atoms with Gasteiger partial charge in [0.05, 0.1) is 26.3 Å². The Labute approximate surface area is 254 Å². The highest BCUT2D eigenvalue weighted by molar-refractivity contribution is 7.98. The zero-order valence-electron chi connectivity index (χ0n) is 24.1. The van der Waals surface area contributed by atoms with Crippen LogP contribution in [0, 0.1) is 0 Å². The Morgan fingerprint density at radius 2 is 1.47 bits per heavy atom. The summed E-state index contributed by atoms with van der Waals surface area (Å²) in [6, 6.07) is 10.6. The van der Waals surface area contributed by atoms with Crippen molar-refractivity contribution in [2.45, 2.75) is 43.4 Å². The van der Waals surface area contributed by atoms with Crippen molar-refractivity contribution in [1.82, 2.24) is 21.3 Å². The zero-order valence-corrected chi connectivity index (χ0v) is 24.9. The quantitative estimate of drug-likeness (QED) is 0.108. The Bertz CT molecular complexity index is 1220. The number of carbonyl (C=O) groups is 5. The lowest BCUT2D eigenvalue weighted by Gasteiger charge is -2.23. The zero-order chi connectivity index (χ0) is 31.8. The molecule has 0 bridgehead atoms. The second-order valence-corrected chi connectivity index (χ2v) is 10.6. The Kier molecular flexibility index (Phi) is 15.0. The van der Waals surface area contributed by atoms with Crippen LogP contribution in [0.1, 0.15) is 17.5 Å². The topological polar surface area (TPSA) is 209 Å². The van der Waals surface area contributed by atoms with Crippen molar-refractivity contribution < 1.29 is 38.9 Å². The van der Waals surface area contributed by atoms with Gasteiger partial charge in [0.25, 0.3) is 0 Å². The molecule has 13 nitrogen and oxygen atoms in total. The summed E-state index contributed by atoms with van der Waals surface area (Å²) in [7, 11) is 1.22. The van der Waals surface area contributed by atoms with Crippen molar-refractivity contribution in [3.8, 4) is 5.75 Å². The number of esters is 1. The van der Waals surface area contributed by atoms with E-state index in [4.69, 9.17) is 10.5 Å². The molecule has 2 rings (SSSR count). The molecule has 14 heteroatoms. The number of nitrogens with one attached hydrogen (secondary N) is 4. The summed E-state index contributed by atoms with van der Waals surface area (Å²) in [5, 5.41) is 29.0. The van der Waals surface area contributed by atoms with Crippen LogP contribution in [0.3, 0.4) is 0 Å². The molecule has 0 aromatic heterocycles. The van der Waals surface area contributed by atoms with Gasteiger partial charge in [0.15, 0.2) is 0 Å². The SMILES string of the molecule is COC(=O)[C@H](CCSC)NC(=O)[C@H](Cc1ccccc1)NC(=O)CNC(=O)[C@@H](CO)NC(=O)[C@@H](N)Cc1ccc(O)cc1. The van der Waals surface area contributed by atoms with Crippen LogP contribution in [0.2, 0.25) is 0 Å². The molecule has 4 amide bonds. The predicted molar refractivity (Wildman–Crippen MR) is 161 cm³/mol. The van der Waals surface area contributed by atoms with E-state index in [0.29, 0.717) is 17.7 Å². The summed E-state index contributed by atoms with van der Waals surface area (Å²) < 4.78 is 4.80. The fourth-order valence-electron chi connectivity index (χ4n) is 3.95. The van der Waals surface area contributed by atoms with Gasteiger partial charge in [0.2, 0.25) is 23.6 Å². The Balaban J connectivity index is 1.99. The van der Waals surface area contributed by atoms with Gasteiger partial charge in [0.1, 0.15) is 23.9 Å². The van der Waals surface area contributed by atoms with Crippen molar-refractivity contribution >= 4 is 41.4 Å². The summed E-state index contributed by atoms with van der Waals surface area (Å²) >= 11 is 1.50. The van der Waals surface area contributed by atoms with Gasteiger partial charge in [-0.25, -0.2) is 4.79 Å². The number of ether oxygens (including phenoxy) is 1. The van der Waals surface area contributed by atoms with E-state index in [1.54, 1.807) is 42.5 Å². The number of benzene rings is 2. The highest BCUT2D eigenvalue weighted by Crippen LogP contribution is 2.11. The maximum Gasteiger partial charge on any atom is 0.328 e. The normalized spacial score (nSPS) is 13.5. The van der Waals surface area contributed by atoms with E-state index in [1.165, 1.54) is 31.0 Å². The Hall–Kier alpha value is -4.14. The minimum absolute atomic E-state index is 0.0615. The summed E-state index contributed by atoms with van der Waals surface area (Å²) in [6.07, 6.45) is 2.42. The molecule has 234 valence electrons.